The highest BCUT2D eigenvalue weighted by Gasteiger charge is 1.94. The van der Waals surface area contributed by atoms with E-state index in [9.17, 15) is 0 Å². The van der Waals surface area contributed by atoms with E-state index in [1.165, 1.54) is 0 Å². The number of hydrogen-bond acceptors (Lipinski definition) is 3. The molecule has 0 rings (SSSR count). The third kappa shape index (κ3) is 5.63. The highest BCUT2D eigenvalue weighted by molar-refractivity contribution is 7.78. The van der Waals surface area contributed by atoms with Crippen molar-refractivity contribution < 1.29 is 4.74 Å². The van der Waals surface area contributed by atoms with E-state index in [-0.39, 0.29) is 6.04 Å². The molecule has 0 aliphatic heterocycles. The van der Waals surface area contributed by atoms with Crippen LogP contribution in [0.5, 0.6) is 0 Å². The summed E-state index contributed by atoms with van der Waals surface area (Å²) in [5.41, 5.74) is 0. The minimum absolute atomic E-state index is 0.155. The lowest BCUT2D eigenvalue weighted by molar-refractivity contribution is 0.138. The second-order valence-corrected chi connectivity index (χ2v) is 1.91. The smallest absolute Gasteiger partial charge is 0.0807 e. The monoisotopic (exact) mass is 145 g/mol. The van der Waals surface area contributed by atoms with Gasteiger partial charge in [-0.3, -0.25) is 0 Å². The van der Waals surface area contributed by atoms with E-state index >= 15 is 0 Å². The van der Waals surface area contributed by atoms with Gasteiger partial charge in [-0.25, -0.2) is 4.99 Å². The van der Waals surface area contributed by atoms with Gasteiger partial charge in [0.15, 0.2) is 0 Å². The summed E-state index contributed by atoms with van der Waals surface area (Å²) in [6.07, 6.45) is 0. The molecule has 0 saturated carbocycles. The summed E-state index contributed by atoms with van der Waals surface area (Å²) in [6, 6.07) is 0.155. The Bertz CT molecular complexity index is 110. The highest BCUT2D eigenvalue weighted by atomic mass is 32.1. The molecule has 0 saturated heterocycles. The van der Waals surface area contributed by atoms with Gasteiger partial charge in [0.2, 0.25) is 0 Å². The maximum Gasteiger partial charge on any atom is 0.0807 e. The van der Waals surface area contributed by atoms with Crippen molar-refractivity contribution in [2.24, 2.45) is 4.99 Å². The number of hydrogen-bond donors (Lipinski definition) is 0. The van der Waals surface area contributed by atoms with Crippen LogP contribution in [0.25, 0.3) is 0 Å². The lowest BCUT2D eigenvalue weighted by Gasteiger charge is -2.01. The predicted molar refractivity (Wildman–Crippen MR) is 41.0 cm³/mol. The predicted octanol–water partition coefficient (Wildman–Crippen LogP) is 1.51. The first-order valence-electron chi connectivity index (χ1n) is 2.96. The van der Waals surface area contributed by atoms with Crippen molar-refractivity contribution in [1.82, 2.24) is 0 Å². The lowest BCUT2D eigenvalue weighted by atomic mass is 10.4. The van der Waals surface area contributed by atoms with Crippen LogP contribution in [0.1, 0.15) is 13.8 Å². The average Bonchev–Trinajstić information content (AvgIpc) is 1.85. The molecule has 1 unspecified atom stereocenters. The molecule has 0 aromatic carbocycles. The Labute approximate surface area is 60.9 Å². The van der Waals surface area contributed by atoms with Crippen LogP contribution < -0.4 is 0 Å². The van der Waals surface area contributed by atoms with Crippen molar-refractivity contribution in [3.05, 3.63) is 0 Å². The van der Waals surface area contributed by atoms with Gasteiger partial charge >= 0.3 is 0 Å². The fourth-order valence-electron chi connectivity index (χ4n) is 0.416. The van der Waals surface area contributed by atoms with Crippen LogP contribution in [0.3, 0.4) is 0 Å². The number of isothiocyanates is 1. The van der Waals surface area contributed by atoms with Crippen LogP contribution in [-0.4, -0.2) is 24.4 Å². The normalized spacial score (nSPS) is 12.2. The minimum atomic E-state index is 0.155. The van der Waals surface area contributed by atoms with E-state index in [2.05, 4.69) is 22.4 Å². The molecule has 2 nitrogen and oxygen atoms in total. The molecule has 0 aliphatic rings. The van der Waals surface area contributed by atoms with Crippen molar-refractivity contribution in [1.29, 1.82) is 0 Å². The van der Waals surface area contributed by atoms with Crippen LogP contribution in [0.15, 0.2) is 4.99 Å². The summed E-state index contributed by atoms with van der Waals surface area (Å²) in [6.45, 7) is 5.26. The van der Waals surface area contributed by atoms with Crippen molar-refractivity contribution in [3.8, 4) is 0 Å². The maximum atomic E-state index is 5.07. The first-order valence-corrected chi connectivity index (χ1v) is 3.36. The lowest BCUT2D eigenvalue weighted by Crippen LogP contribution is -2.07. The Hall–Kier alpha value is -0.240. The second-order valence-electron chi connectivity index (χ2n) is 1.73. The maximum absolute atomic E-state index is 5.07. The molecule has 0 fully saturated rings. The topological polar surface area (TPSA) is 21.6 Å². The SMILES string of the molecule is CCOCC(C)N=C=S. The molecule has 3 heteroatoms. The van der Waals surface area contributed by atoms with E-state index in [0.29, 0.717) is 6.61 Å². The van der Waals surface area contributed by atoms with Crippen LogP contribution in [0.2, 0.25) is 0 Å². The highest BCUT2D eigenvalue weighted by Crippen LogP contribution is 1.87. The van der Waals surface area contributed by atoms with Gasteiger partial charge in [0, 0.05) is 6.61 Å². The van der Waals surface area contributed by atoms with Gasteiger partial charge in [-0.15, -0.1) is 0 Å². The van der Waals surface area contributed by atoms with Crippen LogP contribution in [0.4, 0.5) is 0 Å². The van der Waals surface area contributed by atoms with Gasteiger partial charge in [-0.2, -0.15) is 0 Å². The molecule has 0 aromatic rings. The summed E-state index contributed by atoms with van der Waals surface area (Å²) in [4.78, 5) is 3.80. The van der Waals surface area contributed by atoms with Crippen molar-refractivity contribution in [2.75, 3.05) is 13.2 Å². The molecule has 0 bridgehead atoms. The summed E-state index contributed by atoms with van der Waals surface area (Å²) in [7, 11) is 0. The van der Waals surface area contributed by atoms with E-state index in [1.54, 1.807) is 0 Å². The fraction of sp³-hybridized carbons (Fsp3) is 0.833. The Balaban J connectivity index is 3.26. The van der Waals surface area contributed by atoms with Gasteiger partial charge < -0.3 is 4.74 Å². The standard InChI is InChI=1S/C6H11NOS/c1-3-8-4-6(2)7-5-9/h6H,3-4H2,1-2H3. The molecule has 1 atom stereocenters. The van der Waals surface area contributed by atoms with Crippen molar-refractivity contribution in [2.45, 2.75) is 19.9 Å². The van der Waals surface area contributed by atoms with E-state index in [1.807, 2.05) is 13.8 Å². The fourth-order valence-corrected chi connectivity index (χ4v) is 0.596. The van der Waals surface area contributed by atoms with Gasteiger partial charge in [0.1, 0.15) is 0 Å². The first kappa shape index (κ1) is 8.76. The number of thiocarbonyl (C=S) groups is 1. The van der Waals surface area contributed by atoms with E-state index < -0.39 is 0 Å². The van der Waals surface area contributed by atoms with E-state index in [4.69, 9.17) is 4.74 Å². The van der Waals surface area contributed by atoms with E-state index in [0.717, 1.165) is 6.61 Å². The van der Waals surface area contributed by atoms with Crippen molar-refractivity contribution in [3.63, 3.8) is 0 Å². The summed E-state index contributed by atoms with van der Waals surface area (Å²) < 4.78 is 5.07. The van der Waals surface area contributed by atoms with Gasteiger partial charge in [0.05, 0.1) is 17.8 Å². The van der Waals surface area contributed by atoms with Gasteiger partial charge in [0.25, 0.3) is 0 Å². The molecule has 9 heavy (non-hydrogen) atoms. The minimum Gasteiger partial charge on any atom is -0.379 e. The summed E-state index contributed by atoms with van der Waals surface area (Å²) in [5, 5.41) is 2.30. The van der Waals surface area contributed by atoms with Gasteiger partial charge in [-0.05, 0) is 26.1 Å². The Kier molecular flexibility index (Phi) is 5.73. The molecule has 0 spiro atoms. The molecule has 0 aliphatic carbocycles. The molecule has 0 N–H and O–H groups in total. The summed E-state index contributed by atoms with van der Waals surface area (Å²) in [5.74, 6) is 0. The average molecular weight is 145 g/mol. The second kappa shape index (κ2) is 5.89. The number of aliphatic imine (C=N–C) groups is 1. The number of nitrogens with zero attached hydrogens (tertiary/aromatic N) is 1. The zero-order valence-electron chi connectivity index (χ0n) is 5.76. The number of rotatable bonds is 4. The quantitative estimate of drug-likeness (QED) is 0.442. The molecule has 0 radical (unpaired) electrons. The first-order chi connectivity index (χ1) is 4.31. The molecular weight excluding hydrogens is 134 g/mol. The Morgan fingerprint density at radius 1 is 1.78 bits per heavy atom. The molecule has 52 valence electrons. The Morgan fingerprint density at radius 2 is 2.44 bits per heavy atom. The molecule has 0 amide bonds. The molecular formula is C6H11NOS. The van der Waals surface area contributed by atoms with Crippen LogP contribution in [-0.2, 0) is 4.74 Å². The zero-order chi connectivity index (χ0) is 7.11. The van der Waals surface area contributed by atoms with Crippen LogP contribution >= 0.6 is 12.2 Å². The molecule has 0 heterocycles. The summed E-state index contributed by atoms with van der Waals surface area (Å²) >= 11 is 4.41. The Morgan fingerprint density at radius 3 is 2.89 bits per heavy atom. The largest absolute Gasteiger partial charge is 0.379 e. The van der Waals surface area contributed by atoms with Gasteiger partial charge in [-0.1, -0.05) is 0 Å². The van der Waals surface area contributed by atoms with Crippen LogP contribution in [0, 0.1) is 0 Å². The molecule has 0 aromatic heterocycles. The van der Waals surface area contributed by atoms with Crippen molar-refractivity contribution >= 4 is 17.4 Å². The zero-order valence-corrected chi connectivity index (χ0v) is 6.57. The third-order valence-electron chi connectivity index (χ3n) is 0.836. The third-order valence-corrected chi connectivity index (χ3v) is 0.942. The number of ether oxygens (including phenoxy) is 1.